The lowest BCUT2D eigenvalue weighted by atomic mass is 9.71. The average Bonchev–Trinajstić information content (AvgIpc) is 3.38. The SMILES string of the molecule is CC1=C(C(=O)Nc2ccc(F)cc2F)[C@@H](c2ccc3c(c2)OCO3)C2=C(C[C@H](c3ccccc3)CC2=O)N1. The van der Waals surface area contributed by atoms with Crippen LogP contribution >= 0.6 is 0 Å². The van der Waals surface area contributed by atoms with E-state index < -0.39 is 23.5 Å². The van der Waals surface area contributed by atoms with Gasteiger partial charge in [-0.25, -0.2) is 8.78 Å². The van der Waals surface area contributed by atoms with Gasteiger partial charge in [0.05, 0.1) is 5.69 Å². The Kier molecular flexibility index (Phi) is 5.94. The van der Waals surface area contributed by atoms with Crippen molar-refractivity contribution in [1.82, 2.24) is 5.32 Å². The van der Waals surface area contributed by atoms with E-state index in [1.165, 1.54) is 6.07 Å². The topological polar surface area (TPSA) is 76.7 Å². The maximum Gasteiger partial charge on any atom is 0.254 e. The highest BCUT2D eigenvalue weighted by atomic mass is 19.1. The van der Waals surface area contributed by atoms with Gasteiger partial charge >= 0.3 is 0 Å². The van der Waals surface area contributed by atoms with Gasteiger partial charge in [-0.3, -0.25) is 9.59 Å². The number of dihydropyridines is 1. The molecule has 0 unspecified atom stereocenters. The fourth-order valence-corrected chi connectivity index (χ4v) is 5.51. The minimum atomic E-state index is -0.889. The lowest BCUT2D eigenvalue weighted by Crippen LogP contribution is -2.37. The molecule has 1 aliphatic carbocycles. The molecule has 8 heteroatoms. The molecule has 2 N–H and O–H groups in total. The number of hydrogen-bond acceptors (Lipinski definition) is 5. The second-order valence-electron chi connectivity index (χ2n) is 9.62. The number of halogens is 2. The minimum absolute atomic E-state index is 0.00356. The molecule has 0 radical (unpaired) electrons. The van der Waals surface area contributed by atoms with Gasteiger partial charge in [0, 0.05) is 40.9 Å². The van der Waals surface area contributed by atoms with E-state index in [0.717, 1.165) is 17.3 Å². The third-order valence-corrected chi connectivity index (χ3v) is 7.25. The van der Waals surface area contributed by atoms with Gasteiger partial charge in [0.1, 0.15) is 11.6 Å². The highest BCUT2D eigenvalue weighted by Crippen LogP contribution is 2.47. The van der Waals surface area contributed by atoms with Crippen LogP contribution in [0.4, 0.5) is 14.5 Å². The van der Waals surface area contributed by atoms with Gasteiger partial charge in [0.15, 0.2) is 17.3 Å². The van der Waals surface area contributed by atoms with Crippen LogP contribution < -0.4 is 20.1 Å². The van der Waals surface area contributed by atoms with Crippen LogP contribution in [0.5, 0.6) is 11.5 Å². The van der Waals surface area contributed by atoms with Gasteiger partial charge in [0.25, 0.3) is 5.91 Å². The van der Waals surface area contributed by atoms with Crippen molar-refractivity contribution in [2.24, 2.45) is 0 Å². The monoisotopic (exact) mass is 514 g/mol. The average molecular weight is 515 g/mol. The van der Waals surface area contributed by atoms with Gasteiger partial charge in [-0.1, -0.05) is 36.4 Å². The number of carbonyl (C=O) groups excluding carboxylic acids is 2. The maximum atomic E-state index is 14.4. The molecule has 0 fully saturated rings. The van der Waals surface area contributed by atoms with Crippen LogP contribution in [0.3, 0.4) is 0 Å². The van der Waals surface area contributed by atoms with Crippen molar-refractivity contribution in [2.45, 2.75) is 31.6 Å². The van der Waals surface area contributed by atoms with Crippen LogP contribution in [-0.2, 0) is 9.59 Å². The Morgan fingerprint density at radius 3 is 2.53 bits per heavy atom. The van der Waals surface area contributed by atoms with Crippen LogP contribution in [0, 0.1) is 11.6 Å². The van der Waals surface area contributed by atoms with Gasteiger partial charge < -0.3 is 20.1 Å². The molecule has 0 saturated carbocycles. The number of amides is 1. The molecule has 3 aromatic carbocycles. The number of carbonyl (C=O) groups is 2. The lowest BCUT2D eigenvalue weighted by molar-refractivity contribution is -0.116. The molecule has 2 atom stereocenters. The Hall–Kier alpha value is -4.46. The van der Waals surface area contributed by atoms with E-state index >= 15 is 0 Å². The van der Waals surface area contributed by atoms with E-state index in [1.54, 1.807) is 19.1 Å². The molecule has 3 aromatic rings. The molecule has 2 heterocycles. The highest BCUT2D eigenvalue weighted by Gasteiger charge is 2.41. The molecule has 3 aliphatic rings. The predicted molar refractivity (Wildman–Crippen MR) is 137 cm³/mol. The molecule has 0 saturated heterocycles. The molecule has 0 bridgehead atoms. The van der Waals surface area contributed by atoms with Crippen molar-refractivity contribution >= 4 is 17.4 Å². The van der Waals surface area contributed by atoms with Crippen molar-refractivity contribution in [1.29, 1.82) is 0 Å². The number of anilines is 1. The quantitative estimate of drug-likeness (QED) is 0.468. The third kappa shape index (κ3) is 4.22. The molecule has 38 heavy (non-hydrogen) atoms. The molecule has 2 aliphatic heterocycles. The fourth-order valence-electron chi connectivity index (χ4n) is 5.51. The summed E-state index contributed by atoms with van der Waals surface area (Å²) in [6.07, 6.45) is 0.900. The minimum Gasteiger partial charge on any atom is -0.454 e. The van der Waals surface area contributed by atoms with Gasteiger partial charge in [-0.2, -0.15) is 0 Å². The van der Waals surface area contributed by atoms with Gasteiger partial charge in [0.2, 0.25) is 6.79 Å². The predicted octanol–water partition coefficient (Wildman–Crippen LogP) is 5.69. The van der Waals surface area contributed by atoms with E-state index in [0.29, 0.717) is 47.2 Å². The number of ketones is 1. The fraction of sp³-hybridized carbons (Fsp3) is 0.200. The summed E-state index contributed by atoms with van der Waals surface area (Å²) >= 11 is 0. The number of nitrogens with one attached hydrogen (secondary N) is 2. The largest absolute Gasteiger partial charge is 0.454 e. The van der Waals surface area contributed by atoms with E-state index in [1.807, 2.05) is 36.4 Å². The summed E-state index contributed by atoms with van der Waals surface area (Å²) in [4.78, 5) is 27.4. The molecule has 6 rings (SSSR count). The summed E-state index contributed by atoms with van der Waals surface area (Å²) in [7, 11) is 0. The summed E-state index contributed by atoms with van der Waals surface area (Å²) in [6, 6.07) is 18.2. The maximum absolute atomic E-state index is 14.4. The zero-order chi connectivity index (χ0) is 26.4. The number of allylic oxidation sites excluding steroid dienone is 3. The number of rotatable bonds is 4. The summed E-state index contributed by atoms with van der Waals surface area (Å²) in [5, 5.41) is 5.88. The Balaban J connectivity index is 1.43. The zero-order valence-electron chi connectivity index (χ0n) is 20.5. The smallest absolute Gasteiger partial charge is 0.254 e. The number of ether oxygens (including phenoxy) is 2. The Labute approximate surface area is 218 Å². The zero-order valence-corrected chi connectivity index (χ0v) is 20.5. The van der Waals surface area contributed by atoms with Crippen molar-refractivity contribution in [3.63, 3.8) is 0 Å². The Morgan fingerprint density at radius 2 is 1.74 bits per heavy atom. The van der Waals surface area contributed by atoms with Crippen molar-refractivity contribution in [3.8, 4) is 11.5 Å². The summed E-state index contributed by atoms with van der Waals surface area (Å²) in [5.74, 6) is -1.90. The summed E-state index contributed by atoms with van der Waals surface area (Å²) in [5.41, 5.74) is 3.70. The molecule has 0 spiro atoms. The highest BCUT2D eigenvalue weighted by molar-refractivity contribution is 6.10. The van der Waals surface area contributed by atoms with E-state index in [4.69, 9.17) is 9.47 Å². The first-order valence-electron chi connectivity index (χ1n) is 12.3. The van der Waals surface area contributed by atoms with Crippen molar-refractivity contribution < 1.29 is 27.8 Å². The van der Waals surface area contributed by atoms with E-state index in [2.05, 4.69) is 10.6 Å². The molecular formula is C30H24F2N2O4. The number of hydrogen-bond donors (Lipinski definition) is 2. The van der Waals surface area contributed by atoms with Crippen molar-refractivity contribution in [2.75, 3.05) is 12.1 Å². The normalized spacial score (nSPS) is 20.2. The van der Waals surface area contributed by atoms with Crippen LogP contribution in [0.2, 0.25) is 0 Å². The first-order valence-corrected chi connectivity index (χ1v) is 12.3. The van der Waals surface area contributed by atoms with Gasteiger partial charge in [-0.05, 0) is 54.7 Å². The van der Waals surface area contributed by atoms with E-state index in [-0.39, 0.29) is 29.8 Å². The number of benzene rings is 3. The molecule has 192 valence electrons. The Bertz CT molecular complexity index is 1530. The number of Topliss-reactive ketones (excluding diaryl/α,β-unsaturated/α-hetero) is 1. The van der Waals surface area contributed by atoms with Crippen molar-refractivity contribution in [3.05, 3.63) is 112 Å². The second-order valence-corrected chi connectivity index (χ2v) is 9.62. The lowest BCUT2D eigenvalue weighted by Gasteiger charge is -2.37. The summed E-state index contributed by atoms with van der Waals surface area (Å²) < 4.78 is 38.9. The second kappa shape index (κ2) is 9.45. The van der Waals surface area contributed by atoms with E-state index in [9.17, 15) is 18.4 Å². The van der Waals surface area contributed by atoms with Crippen LogP contribution in [0.1, 0.15) is 42.7 Å². The molecule has 6 nitrogen and oxygen atoms in total. The third-order valence-electron chi connectivity index (χ3n) is 7.25. The van der Waals surface area contributed by atoms with Crippen LogP contribution in [0.15, 0.2) is 89.3 Å². The van der Waals surface area contributed by atoms with Crippen LogP contribution in [0.25, 0.3) is 0 Å². The summed E-state index contributed by atoms with van der Waals surface area (Å²) in [6.45, 7) is 1.85. The van der Waals surface area contributed by atoms with Crippen LogP contribution in [-0.4, -0.2) is 18.5 Å². The first kappa shape index (κ1) is 23.9. The first-order chi connectivity index (χ1) is 18.4. The molecule has 0 aromatic heterocycles. The standard InChI is InChI=1S/C30H24F2N2O4/c1-16-27(30(36)34-22-9-8-20(31)14-21(22)32)28(18-7-10-25-26(13-18)38-15-37-25)29-23(33-16)11-19(12-24(29)35)17-5-3-2-4-6-17/h2-10,13-14,19,28,33H,11-12,15H2,1H3,(H,34,36)/t19-,28+/m0/s1. The molecular weight excluding hydrogens is 490 g/mol. The molecule has 1 amide bonds. The number of fused-ring (bicyclic) bond motifs is 1. The Morgan fingerprint density at radius 1 is 0.947 bits per heavy atom. The van der Waals surface area contributed by atoms with Gasteiger partial charge in [-0.15, -0.1) is 0 Å².